The number of non-ortho nitro benzene ring substituents is 1. The first-order valence-electron chi connectivity index (χ1n) is 7.04. The van der Waals surface area contributed by atoms with Gasteiger partial charge in [-0.1, -0.05) is 6.07 Å². The van der Waals surface area contributed by atoms with Gasteiger partial charge in [0.05, 0.1) is 16.5 Å². The maximum absolute atomic E-state index is 12.8. The van der Waals surface area contributed by atoms with Crippen LogP contribution in [0.25, 0.3) is 10.9 Å². The Bertz CT molecular complexity index is 875. The average Bonchev–Trinajstić information content (AvgIpc) is 2.48. The molecule has 0 spiro atoms. The van der Waals surface area contributed by atoms with Gasteiger partial charge in [0.15, 0.2) is 0 Å². The van der Waals surface area contributed by atoms with E-state index in [0.717, 1.165) is 0 Å². The number of carbonyl (C=O) groups excluding carboxylic acids is 1. The van der Waals surface area contributed by atoms with Crippen LogP contribution >= 0.6 is 0 Å². The number of aliphatic hydroxyl groups is 1. The van der Waals surface area contributed by atoms with Gasteiger partial charge in [-0.2, -0.15) is 0 Å². The van der Waals surface area contributed by atoms with E-state index >= 15 is 0 Å². The number of benzene rings is 1. The fraction of sp³-hybridized carbons (Fsp3) is 0.357. The van der Waals surface area contributed by atoms with E-state index in [-0.39, 0.29) is 35.3 Å². The van der Waals surface area contributed by atoms with Crippen molar-refractivity contribution in [1.29, 1.82) is 0 Å². The second kappa shape index (κ2) is 5.43. The highest BCUT2D eigenvalue weighted by molar-refractivity contribution is 5.87. The van der Waals surface area contributed by atoms with Crippen LogP contribution in [0, 0.1) is 17.0 Å². The van der Waals surface area contributed by atoms with Crippen LogP contribution in [0.15, 0.2) is 23.0 Å². The third kappa shape index (κ3) is 2.44. The lowest BCUT2D eigenvalue weighted by atomic mass is 10.0. The molecule has 2 heterocycles. The summed E-state index contributed by atoms with van der Waals surface area (Å²) in [7, 11) is 0. The molecule has 1 aliphatic heterocycles. The van der Waals surface area contributed by atoms with Gasteiger partial charge in [0.25, 0.3) is 11.2 Å². The lowest BCUT2D eigenvalue weighted by molar-refractivity contribution is -0.383. The van der Waals surface area contributed by atoms with Crippen molar-refractivity contribution >= 4 is 22.5 Å². The molecule has 1 amide bonds. The first-order chi connectivity index (χ1) is 10.9. The Kier molecular flexibility index (Phi) is 3.57. The summed E-state index contributed by atoms with van der Waals surface area (Å²) in [5.41, 5.74) is -0.699. The number of hydrogen-bond acceptors (Lipinski definition) is 6. The average molecular weight is 318 g/mol. The van der Waals surface area contributed by atoms with E-state index in [1.807, 2.05) is 0 Å². The summed E-state index contributed by atoms with van der Waals surface area (Å²) in [6.07, 6.45) is -0.834. The lowest BCUT2D eigenvalue weighted by Crippen LogP contribution is -2.48. The Hall–Kier alpha value is -2.81. The number of piperidine rings is 1. The van der Waals surface area contributed by atoms with Crippen molar-refractivity contribution in [2.75, 3.05) is 0 Å². The quantitative estimate of drug-likeness (QED) is 0.609. The lowest BCUT2D eigenvalue weighted by Gasteiger charge is -2.30. The molecule has 1 aromatic heterocycles. The minimum absolute atomic E-state index is 0.104. The molecule has 2 unspecified atom stereocenters. The Morgan fingerprint density at radius 1 is 1.43 bits per heavy atom. The minimum atomic E-state index is -1.24. The number of hydrogen-bond donors (Lipinski definition) is 2. The smallest absolute Gasteiger partial charge is 0.284 e. The number of carbonyl (C=O) groups is 1. The predicted molar refractivity (Wildman–Crippen MR) is 79.8 cm³/mol. The zero-order valence-corrected chi connectivity index (χ0v) is 12.2. The zero-order chi connectivity index (χ0) is 16.7. The number of nitro benzene ring substituents is 1. The van der Waals surface area contributed by atoms with Crippen LogP contribution < -0.4 is 10.9 Å². The summed E-state index contributed by atoms with van der Waals surface area (Å²) in [5.74, 6) is 0.0161. The molecule has 0 aliphatic carbocycles. The van der Waals surface area contributed by atoms with E-state index in [2.05, 4.69) is 10.3 Å². The molecule has 120 valence electrons. The molecule has 0 bridgehead atoms. The van der Waals surface area contributed by atoms with Gasteiger partial charge in [-0.25, -0.2) is 4.98 Å². The van der Waals surface area contributed by atoms with Crippen molar-refractivity contribution in [2.45, 2.75) is 32.0 Å². The third-order valence-corrected chi connectivity index (χ3v) is 3.95. The highest BCUT2D eigenvalue weighted by Gasteiger charge is 2.31. The molecule has 1 fully saturated rings. The van der Waals surface area contributed by atoms with E-state index in [4.69, 9.17) is 0 Å². The summed E-state index contributed by atoms with van der Waals surface area (Å²) >= 11 is 0. The first-order valence-corrected chi connectivity index (χ1v) is 7.04. The Morgan fingerprint density at radius 3 is 2.83 bits per heavy atom. The summed E-state index contributed by atoms with van der Waals surface area (Å²) in [6, 6.07) is 3.52. The van der Waals surface area contributed by atoms with Crippen molar-refractivity contribution in [3.8, 4) is 0 Å². The molecule has 23 heavy (non-hydrogen) atoms. The Labute approximate surface area is 129 Å². The SMILES string of the molecule is Cc1nc2cccc([N+](=O)[O-])c2c(=O)n1C1CCC(=O)NC1O. The van der Waals surface area contributed by atoms with Crippen molar-refractivity contribution in [3.63, 3.8) is 0 Å². The van der Waals surface area contributed by atoms with Crippen LogP contribution in [-0.2, 0) is 4.79 Å². The standard InChI is InChI=1S/C14H14N4O5/c1-7-15-8-3-2-4-9(18(22)23)12(8)14(21)17(7)10-5-6-11(19)16-13(10)20/h2-4,10,13,20H,5-6H2,1H3,(H,16,19). The second-order valence-corrected chi connectivity index (χ2v) is 5.38. The van der Waals surface area contributed by atoms with Crippen molar-refractivity contribution < 1.29 is 14.8 Å². The number of amides is 1. The molecule has 1 aromatic carbocycles. The van der Waals surface area contributed by atoms with Gasteiger partial charge in [-0.3, -0.25) is 24.3 Å². The van der Waals surface area contributed by atoms with Crippen LogP contribution in [0.3, 0.4) is 0 Å². The molecule has 9 heteroatoms. The number of nitrogens with one attached hydrogen (secondary N) is 1. The summed E-state index contributed by atoms with van der Waals surface area (Å²) < 4.78 is 1.22. The third-order valence-electron chi connectivity index (χ3n) is 3.95. The maximum atomic E-state index is 12.8. The molecular formula is C14H14N4O5. The van der Waals surface area contributed by atoms with Gasteiger partial charge in [0, 0.05) is 12.5 Å². The monoisotopic (exact) mass is 318 g/mol. The maximum Gasteiger partial charge on any atom is 0.284 e. The molecule has 0 saturated carbocycles. The van der Waals surface area contributed by atoms with E-state index < -0.39 is 22.8 Å². The topological polar surface area (TPSA) is 127 Å². The van der Waals surface area contributed by atoms with Crippen LogP contribution in [0.5, 0.6) is 0 Å². The molecule has 1 saturated heterocycles. The fourth-order valence-corrected chi connectivity index (χ4v) is 2.92. The molecule has 0 radical (unpaired) electrons. The van der Waals surface area contributed by atoms with Crippen LogP contribution in [0.1, 0.15) is 24.7 Å². The number of rotatable bonds is 2. The largest absolute Gasteiger partial charge is 0.372 e. The first kappa shape index (κ1) is 15.1. The number of aryl methyl sites for hydroxylation is 1. The predicted octanol–water partition coefficient (Wildman–Crippen LogP) is 0.383. The molecule has 9 nitrogen and oxygen atoms in total. The fourth-order valence-electron chi connectivity index (χ4n) is 2.92. The highest BCUT2D eigenvalue weighted by atomic mass is 16.6. The van der Waals surface area contributed by atoms with E-state index in [1.165, 1.54) is 22.8 Å². The van der Waals surface area contributed by atoms with Gasteiger partial charge in [-0.05, 0) is 19.4 Å². The van der Waals surface area contributed by atoms with Gasteiger partial charge in [0.2, 0.25) is 5.91 Å². The van der Waals surface area contributed by atoms with Crippen LogP contribution in [0.2, 0.25) is 0 Å². The van der Waals surface area contributed by atoms with Crippen LogP contribution in [0.4, 0.5) is 5.69 Å². The van der Waals surface area contributed by atoms with Crippen molar-refractivity contribution in [2.24, 2.45) is 0 Å². The number of fused-ring (bicyclic) bond motifs is 1. The van der Waals surface area contributed by atoms with E-state index in [9.17, 15) is 24.8 Å². The Balaban J connectivity index is 2.26. The number of aromatic nitrogens is 2. The molecular weight excluding hydrogens is 304 g/mol. The van der Waals surface area contributed by atoms with E-state index in [1.54, 1.807) is 6.92 Å². The van der Waals surface area contributed by atoms with Gasteiger partial charge in [-0.15, -0.1) is 0 Å². The molecule has 2 atom stereocenters. The molecule has 1 aliphatic rings. The second-order valence-electron chi connectivity index (χ2n) is 5.38. The van der Waals surface area contributed by atoms with Crippen molar-refractivity contribution in [1.82, 2.24) is 14.9 Å². The summed E-state index contributed by atoms with van der Waals surface area (Å²) in [5, 5.41) is 23.5. The zero-order valence-electron chi connectivity index (χ0n) is 12.2. The summed E-state index contributed by atoms with van der Waals surface area (Å²) in [4.78, 5) is 38.9. The molecule has 3 rings (SSSR count). The molecule has 2 N–H and O–H groups in total. The van der Waals surface area contributed by atoms with Gasteiger partial charge >= 0.3 is 0 Å². The molecule has 2 aromatic rings. The number of aliphatic hydroxyl groups excluding tert-OH is 1. The van der Waals surface area contributed by atoms with Gasteiger partial charge in [0.1, 0.15) is 17.4 Å². The summed E-state index contributed by atoms with van der Waals surface area (Å²) in [6.45, 7) is 1.59. The highest BCUT2D eigenvalue weighted by Crippen LogP contribution is 2.25. The normalized spacial score (nSPS) is 21.2. The van der Waals surface area contributed by atoms with E-state index in [0.29, 0.717) is 5.82 Å². The Morgan fingerprint density at radius 2 is 2.17 bits per heavy atom. The van der Waals surface area contributed by atoms with Crippen molar-refractivity contribution in [3.05, 3.63) is 44.5 Å². The van der Waals surface area contributed by atoms with Crippen LogP contribution in [-0.4, -0.2) is 31.7 Å². The number of nitrogens with zero attached hydrogens (tertiary/aromatic N) is 3. The minimum Gasteiger partial charge on any atom is -0.372 e. The van der Waals surface area contributed by atoms with Gasteiger partial charge < -0.3 is 10.4 Å². The number of nitro groups is 1.